The van der Waals surface area contributed by atoms with Gasteiger partial charge < -0.3 is 4.90 Å². The normalized spacial score (nSPS) is 14.6. The molecule has 0 saturated carbocycles. The Labute approximate surface area is 300 Å². The zero-order valence-electron chi connectivity index (χ0n) is 29.5. The van der Waals surface area contributed by atoms with Gasteiger partial charge in [-0.25, -0.2) is 0 Å². The summed E-state index contributed by atoms with van der Waals surface area (Å²) >= 11 is 0. The molecule has 10 rings (SSSR count). The lowest BCUT2D eigenvalue weighted by Gasteiger charge is -2.28. The van der Waals surface area contributed by atoms with Gasteiger partial charge >= 0.3 is 0 Å². The molecule has 0 amide bonds. The lowest BCUT2D eigenvalue weighted by Crippen LogP contribution is -2.16. The van der Waals surface area contributed by atoms with Crippen molar-refractivity contribution in [3.63, 3.8) is 0 Å². The molecule has 2 aliphatic carbocycles. The van der Waals surface area contributed by atoms with E-state index in [1.54, 1.807) is 0 Å². The molecule has 0 heterocycles. The van der Waals surface area contributed by atoms with E-state index in [4.69, 9.17) is 0 Å². The van der Waals surface area contributed by atoms with E-state index in [1.165, 1.54) is 82.9 Å². The van der Waals surface area contributed by atoms with Gasteiger partial charge in [0.25, 0.3) is 0 Å². The average Bonchev–Trinajstić information content (AvgIpc) is 3.53. The first-order valence-electron chi connectivity index (χ1n) is 18.1. The van der Waals surface area contributed by atoms with Crippen LogP contribution in [0.3, 0.4) is 0 Å². The Morgan fingerprint density at radius 1 is 0.333 bits per heavy atom. The van der Waals surface area contributed by atoms with Crippen LogP contribution in [0.5, 0.6) is 0 Å². The summed E-state index contributed by atoms with van der Waals surface area (Å²) in [6.07, 6.45) is 0. The van der Waals surface area contributed by atoms with E-state index in [-0.39, 0.29) is 10.8 Å². The Bertz CT molecular complexity index is 2680. The minimum Gasteiger partial charge on any atom is -0.310 e. The minimum atomic E-state index is -0.0826. The highest BCUT2D eigenvalue weighted by Gasteiger charge is 2.37. The number of hydrogen-bond donors (Lipinski definition) is 0. The van der Waals surface area contributed by atoms with Crippen molar-refractivity contribution < 1.29 is 0 Å². The molecule has 8 aromatic rings. The van der Waals surface area contributed by atoms with Gasteiger partial charge in [0.1, 0.15) is 0 Å². The fourth-order valence-corrected chi connectivity index (χ4v) is 9.10. The van der Waals surface area contributed by atoms with E-state index >= 15 is 0 Å². The lowest BCUT2D eigenvalue weighted by atomic mass is 9.81. The molecule has 0 spiro atoms. The highest BCUT2D eigenvalue weighted by atomic mass is 15.1. The summed E-state index contributed by atoms with van der Waals surface area (Å²) in [5, 5.41) is 5.13. The fourth-order valence-electron chi connectivity index (χ4n) is 9.10. The van der Waals surface area contributed by atoms with Gasteiger partial charge in [-0.15, -0.1) is 0 Å². The molecule has 8 aromatic carbocycles. The van der Waals surface area contributed by atoms with Crippen molar-refractivity contribution in [2.45, 2.75) is 38.5 Å². The first-order chi connectivity index (χ1) is 24.8. The van der Waals surface area contributed by atoms with Crippen LogP contribution in [0.2, 0.25) is 0 Å². The maximum atomic E-state index is 2.47. The third kappa shape index (κ3) is 4.41. The van der Waals surface area contributed by atoms with E-state index < -0.39 is 0 Å². The van der Waals surface area contributed by atoms with Crippen LogP contribution >= 0.6 is 0 Å². The molecule has 1 heteroatoms. The van der Waals surface area contributed by atoms with Crippen molar-refractivity contribution in [1.82, 2.24) is 0 Å². The molecule has 0 saturated heterocycles. The average molecular weight is 654 g/mol. The highest BCUT2D eigenvalue weighted by Crippen LogP contribution is 2.52. The van der Waals surface area contributed by atoms with Crippen molar-refractivity contribution in [3.8, 4) is 33.4 Å². The second-order valence-corrected chi connectivity index (χ2v) is 15.4. The predicted octanol–water partition coefficient (Wildman–Crippen LogP) is 13.7. The van der Waals surface area contributed by atoms with Gasteiger partial charge in [-0.05, 0) is 126 Å². The van der Waals surface area contributed by atoms with Gasteiger partial charge in [0.2, 0.25) is 0 Å². The van der Waals surface area contributed by atoms with E-state index in [0.29, 0.717) is 0 Å². The summed E-state index contributed by atoms with van der Waals surface area (Å²) in [7, 11) is 0. The van der Waals surface area contributed by atoms with Gasteiger partial charge in [-0.2, -0.15) is 0 Å². The van der Waals surface area contributed by atoms with Crippen LogP contribution < -0.4 is 4.90 Å². The van der Waals surface area contributed by atoms with Gasteiger partial charge in [0.05, 0.1) is 0 Å². The number of anilines is 3. The second-order valence-electron chi connectivity index (χ2n) is 15.4. The van der Waals surface area contributed by atoms with Crippen molar-refractivity contribution >= 4 is 38.6 Å². The van der Waals surface area contributed by atoms with Crippen molar-refractivity contribution in [2.24, 2.45) is 0 Å². The maximum Gasteiger partial charge on any atom is 0.0468 e. The smallest absolute Gasteiger partial charge is 0.0468 e. The van der Waals surface area contributed by atoms with Crippen LogP contribution in [0.1, 0.15) is 49.9 Å². The summed E-state index contributed by atoms with van der Waals surface area (Å²) in [5.74, 6) is 0. The molecular weight excluding hydrogens is 615 g/mol. The van der Waals surface area contributed by atoms with E-state index in [1.807, 2.05) is 0 Å². The van der Waals surface area contributed by atoms with Crippen LogP contribution in [0.25, 0.3) is 54.9 Å². The van der Waals surface area contributed by atoms with Gasteiger partial charge in [-0.3, -0.25) is 0 Å². The number of fused-ring (bicyclic) bond motifs is 9. The van der Waals surface area contributed by atoms with Gasteiger partial charge in [0, 0.05) is 27.9 Å². The van der Waals surface area contributed by atoms with Crippen LogP contribution in [0.15, 0.2) is 164 Å². The molecule has 0 N–H and O–H groups in total. The Hall–Kier alpha value is -5.92. The molecule has 1 nitrogen and oxygen atoms in total. The molecule has 0 atom stereocenters. The molecule has 2 aliphatic rings. The Kier molecular flexibility index (Phi) is 6.34. The predicted molar refractivity (Wildman–Crippen MR) is 217 cm³/mol. The first-order valence-corrected chi connectivity index (χ1v) is 18.1. The lowest BCUT2D eigenvalue weighted by molar-refractivity contribution is 0.660. The Balaban J connectivity index is 1.13. The number of benzene rings is 8. The first kappa shape index (κ1) is 29.9. The molecular formula is C50H39N. The molecule has 0 aliphatic heterocycles. The Morgan fingerprint density at radius 3 is 1.55 bits per heavy atom. The Morgan fingerprint density at radius 2 is 0.843 bits per heavy atom. The molecule has 51 heavy (non-hydrogen) atoms. The summed E-state index contributed by atoms with van der Waals surface area (Å²) < 4.78 is 0. The van der Waals surface area contributed by atoms with Crippen LogP contribution in [-0.2, 0) is 10.8 Å². The van der Waals surface area contributed by atoms with E-state index in [9.17, 15) is 0 Å². The molecule has 0 unspecified atom stereocenters. The molecule has 0 fully saturated rings. The molecule has 0 aromatic heterocycles. The molecule has 0 bridgehead atoms. The fraction of sp³-hybridized carbons (Fsp3) is 0.120. The highest BCUT2D eigenvalue weighted by molar-refractivity contribution is 6.11. The van der Waals surface area contributed by atoms with Crippen molar-refractivity contribution in [1.29, 1.82) is 0 Å². The summed E-state index contributed by atoms with van der Waals surface area (Å²) in [6.45, 7) is 9.45. The maximum absolute atomic E-state index is 2.47. The second kappa shape index (κ2) is 10.8. The minimum absolute atomic E-state index is 0.0358. The topological polar surface area (TPSA) is 3.24 Å². The van der Waals surface area contributed by atoms with E-state index in [2.05, 4.69) is 196 Å². The third-order valence-electron chi connectivity index (χ3n) is 11.8. The van der Waals surface area contributed by atoms with E-state index in [0.717, 1.165) is 11.4 Å². The zero-order valence-corrected chi connectivity index (χ0v) is 29.5. The molecule has 0 radical (unpaired) electrons. The van der Waals surface area contributed by atoms with Crippen molar-refractivity contribution in [2.75, 3.05) is 4.90 Å². The summed E-state index contributed by atoms with van der Waals surface area (Å²) in [4.78, 5) is 2.43. The van der Waals surface area contributed by atoms with Crippen LogP contribution in [0, 0.1) is 0 Å². The largest absolute Gasteiger partial charge is 0.310 e. The standard InChI is InChI=1S/C50H39N/c1-49(2)45-16-10-8-14-40(45)42-27-25-38(30-47(42)49)51(36-22-20-33(21-23-36)32-12-6-5-7-13-32)37-24-26-39-34(28-37)18-19-35-29-44-41-15-9-11-17-46(41)50(3,4)48(44)31-43(35)39/h5-31H,1-4H3. The van der Waals surface area contributed by atoms with Crippen molar-refractivity contribution in [3.05, 3.63) is 186 Å². The monoisotopic (exact) mass is 653 g/mol. The van der Waals surface area contributed by atoms with Crippen LogP contribution in [-0.4, -0.2) is 0 Å². The zero-order chi connectivity index (χ0) is 34.5. The third-order valence-corrected chi connectivity index (χ3v) is 11.8. The van der Waals surface area contributed by atoms with Gasteiger partial charge in [-0.1, -0.05) is 143 Å². The molecule has 244 valence electrons. The number of hydrogen-bond acceptors (Lipinski definition) is 1. The SMILES string of the molecule is CC1(C)c2ccccc2-c2ccc(N(c3ccc(-c4ccccc4)cc3)c3ccc4c(ccc5cc6c(cc54)C(C)(C)c4ccccc4-6)c3)cc21. The number of nitrogens with zero attached hydrogens (tertiary/aromatic N) is 1. The summed E-state index contributed by atoms with van der Waals surface area (Å²) in [6, 6.07) is 61.0. The van der Waals surface area contributed by atoms with Gasteiger partial charge in [0.15, 0.2) is 0 Å². The quantitative estimate of drug-likeness (QED) is 0.171. The summed E-state index contributed by atoms with van der Waals surface area (Å²) in [5.41, 5.74) is 16.8. The van der Waals surface area contributed by atoms with Crippen LogP contribution in [0.4, 0.5) is 17.1 Å². The number of rotatable bonds is 4.